The summed E-state index contributed by atoms with van der Waals surface area (Å²) in [6.45, 7) is 4.32. The number of aryl methyl sites for hydroxylation is 2. The van der Waals surface area contributed by atoms with Gasteiger partial charge in [0.2, 0.25) is 0 Å². The molecule has 0 unspecified atom stereocenters. The van der Waals surface area contributed by atoms with E-state index in [1.165, 1.54) is 86.5 Å². The van der Waals surface area contributed by atoms with E-state index in [9.17, 15) is 5.11 Å². The summed E-state index contributed by atoms with van der Waals surface area (Å²) < 4.78 is 0. The smallest absolute Gasteiger partial charge is 0.143 e. The van der Waals surface area contributed by atoms with Gasteiger partial charge in [0.25, 0.3) is 0 Å². The molecule has 0 atom stereocenters. The van der Waals surface area contributed by atoms with E-state index in [2.05, 4.69) is 42.3 Å². The van der Waals surface area contributed by atoms with Crippen LogP contribution in [0.15, 0.2) is 40.6 Å². The Kier molecular flexibility index (Phi) is 6.32. The molecule has 2 aromatic carbocycles. The van der Waals surface area contributed by atoms with Gasteiger partial charge in [0.15, 0.2) is 0 Å². The third-order valence-corrected chi connectivity index (χ3v) is 6.97. The van der Waals surface area contributed by atoms with Gasteiger partial charge in [-0.25, -0.2) is 0 Å². The van der Waals surface area contributed by atoms with Crippen LogP contribution >= 0.6 is 0 Å². The Morgan fingerprint density at radius 1 is 0.690 bits per heavy atom. The lowest BCUT2D eigenvalue weighted by Gasteiger charge is -2.24. The van der Waals surface area contributed by atoms with E-state index >= 15 is 0 Å². The topological polar surface area (TPSA) is 45.0 Å². The second-order valence-electron chi connectivity index (χ2n) is 9.11. The molecule has 0 spiro atoms. The van der Waals surface area contributed by atoms with Crippen LogP contribution in [0.4, 0.5) is 11.4 Å². The van der Waals surface area contributed by atoms with Crippen LogP contribution < -0.4 is 0 Å². The van der Waals surface area contributed by atoms with Crippen molar-refractivity contribution >= 4 is 11.4 Å². The number of aromatic hydroxyl groups is 1. The first kappa shape index (κ1) is 20.1. The Morgan fingerprint density at radius 2 is 1.31 bits per heavy atom. The van der Waals surface area contributed by atoms with Crippen LogP contribution in [0, 0.1) is 13.8 Å². The molecule has 0 aliphatic heterocycles. The molecule has 2 fully saturated rings. The zero-order chi connectivity index (χ0) is 20.2. The molecule has 2 saturated carbocycles. The second-order valence-corrected chi connectivity index (χ2v) is 9.11. The highest BCUT2D eigenvalue weighted by Crippen LogP contribution is 2.39. The normalized spacial score (nSPS) is 19.1. The van der Waals surface area contributed by atoms with Crippen molar-refractivity contribution in [2.75, 3.05) is 0 Å². The largest absolute Gasteiger partial charge is 0.506 e. The minimum atomic E-state index is 0.210. The molecular weight excluding hydrogens is 356 g/mol. The Labute approximate surface area is 175 Å². The van der Waals surface area contributed by atoms with Crippen LogP contribution in [0.2, 0.25) is 0 Å². The minimum absolute atomic E-state index is 0.210. The summed E-state index contributed by atoms with van der Waals surface area (Å²) in [5.41, 5.74) is 6.76. The van der Waals surface area contributed by atoms with E-state index in [0.29, 0.717) is 17.5 Å². The third-order valence-electron chi connectivity index (χ3n) is 6.97. The summed E-state index contributed by atoms with van der Waals surface area (Å²) in [6.07, 6.45) is 13.1. The molecule has 2 aromatic rings. The summed E-state index contributed by atoms with van der Waals surface area (Å²) in [7, 11) is 0. The van der Waals surface area contributed by atoms with Crippen LogP contribution in [0.25, 0.3) is 0 Å². The molecule has 1 N–H and O–H groups in total. The van der Waals surface area contributed by atoms with E-state index in [4.69, 9.17) is 0 Å². The summed E-state index contributed by atoms with van der Waals surface area (Å²) in [6, 6.07) is 10.4. The highest BCUT2D eigenvalue weighted by molar-refractivity contribution is 5.55. The van der Waals surface area contributed by atoms with Crippen LogP contribution in [0.5, 0.6) is 5.75 Å². The monoisotopic (exact) mass is 390 g/mol. The van der Waals surface area contributed by atoms with Crippen LogP contribution in [-0.4, -0.2) is 5.11 Å². The van der Waals surface area contributed by atoms with Gasteiger partial charge < -0.3 is 5.11 Å². The molecule has 2 aliphatic rings. The molecule has 0 amide bonds. The maximum absolute atomic E-state index is 10.3. The molecule has 0 bridgehead atoms. The van der Waals surface area contributed by atoms with Gasteiger partial charge in [0.05, 0.1) is 5.69 Å². The number of benzene rings is 2. The highest BCUT2D eigenvalue weighted by Gasteiger charge is 2.19. The summed E-state index contributed by atoms with van der Waals surface area (Å²) >= 11 is 0. The van der Waals surface area contributed by atoms with Gasteiger partial charge in [-0.1, -0.05) is 50.7 Å². The van der Waals surface area contributed by atoms with E-state index in [0.717, 1.165) is 5.69 Å². The molecule has 2 aliphatic carbocycles. The molecule has 3 heteroatoms. The predicted octanol–water partition coefficient (Wildman–Crippen LogP) is 8.52. The maximum atomic E-state index is 10.3. The Balaban J connectivity index is 1.56. The van der Waals surface area contributed by atoms with Gasteiger partial charge in [-0.3, -0.25) is 0 Å². The molecule has 0 radical (unpaired) electrons. The first-order chi connectivity index (χ1) is 14.1. The van der Waals surface area contributed by atoms with E-state index in [-0.39, 0.29) is 5.75 Å². The van der Waals surface area contributed by atoms with Gasteiger partial charge in [-0.15, -0.1) is 5.11 Å². The number of phenols is 1. The van der Waals surface area contributed by atoms with Gasteiger partial charge >= 0.3 is 0 Å². The highest BCUT2D eigenvalue weighted by atomic mass is 16.3. The average Bonchev–Trinajstić information content (AvgIpc) is 2.76. The first-order valence-electron chi connectivity index (χ1n) is 11.5. The molecule has 0 heterocycles. The van der Waals surface area contributed by atoms with E-state index < -0.39 is 0 Å². The van der Waals surface area contributed by atoms with Crippen molar-refractivity contribution in [1.29, 1.82) is 0 Å². The first-order valence-corrected chi connectivity index (χ1v) is 11.5. The lowest BCUT2D eigenvalue weighted by molar-refractivity contribution is 0.442. The number of nitrogens with zero attached hydrogens (tertiary/aromatic N) is 2. The van der Waals surface area contributed by atoms with Crippen LogP contribution in [0.3, 0.4) is 0 Å². The Morgan fingerprint density at radius 3 is 2.00 bits per heavy atom. The third kappa shape index (κ3) is 4.71. The fraction of sp³-hybridized carbons (Fsp3) is 0.538. The number of rotatable bonds is 4. The zero-order valence-corrected chi connectivity index (χ0v) is 18.0. The van der Waals surface area contributed by atoms with E-state index in [1.807, 2.05) is 6.07 Å². The number of phenolic OH excluding ortho intramolecular Hbond substituents is 1. The second kappa shape index (κ2) is 9.11. The number of hydrogen-bond donors (Lipinski definition) is 1. The molecule has 3 nitrogen and oxygen atoms in total. The summed E-state index contributed by atoms with van der Waals surface area (Å²) in [4.78, 5) is 0. The van der Waals surface area contributed by atoms with Crippen molar-refractivity contribution in [3.8, 4) is 5.75 Å². The Bertz CT molecular complexity index is 875. The number of hydrogen-bond acceptors (Lipinski definition) is 3. The summed E-state index contributed by atoms with van der Waals surface area (Å²) in [5, 5.41) is 19.3. The fourth-order valence-corrected chi connectivity index (χ4v) is 5.20. The quantitative estimate of drug-likeness (QED) is 0.522. The molecule has 4 rings (SSSR count). The maximum Gasteiger partial charge on any atom is 0.143 e. The fourth-order valence-electron chi connectivity index (χ4n) is 5.20. The number of azo groups is 1. The lowest BCUT2D eigenvalue weighted by Crippen LogP contribution is -2.06. The lowest BCUT2D eigenvalue weighted by atomic mass is 9.81. The molecule has 0 aromatic heterocycles. The summed E-state index contributed by atoms with van der Waals surface area (Å²) in [5.74, 6) is 1.50. The SMILES string of the molecule is Cc1cc(C2CCCCC2)c(C)cc1N=Nc1cc(C2CCCCC2)ccc1O. The predicted molar refractivity (Wildman–Crippen MR) is 120 cm³/mol. The van der Waals surface area contributed by atoms with Crippen molar-refractivity contribution in [2.45, 2.75) is 89.9 Å². The van der Waals surface area contributed by atoms with Crippen molar-refractivity contribution < 1.29 is 5.11 Å². The van der Waals surface area contributed by atoms with Gasteiger partial charge in [0, 0.05) is 0 Å². The molecule has 29 heavy (non-hydrogen) atoms. The van der Waals surface area contributed by atoms with Gasteiger partial charge in [0.1, 0.15) is 11.4 Å². The average molecular weight is 391 g/mol. The van der Waals surface area contributed by atoms with Crippen molar-refractivity contribution in [3.05, 3.63) is 52.6 Å². The van der Waals surface area contributed by atoms with E-state index in [1.54, 1.807) is 6.07 Å². The minimum Gasteiger partial charge on any atom is -0.506 e. The standard InChI is InChI=1S/C26H34N2O/c1-18-16-24(19(2)15-23(18)21-11-7-4-8-12-21)27-28-25-17-22(13-14-26(25)29)20-9-5-3-6-10-20/h13-17,20-21,29H,3-12H2,1-2H3. The van der Waals surface area contributed by atoms with Crippen molar-refractivity contribution in [2.24, 2.45) is 10.2 Å². The van der Waals surface area contributed by atoms with Gasteiger partial charge in [-0.2, -0.15) is 5.11 Å². The molecule has 154 valence electrons. The van der Waals surface area contributed by atoms with Gasteiger partial charge in [-0.05, 0) is 91.8 Å². The van der Waals surface area contributed by atoms with Crippen LogP contribution in [-0.2, 0) is 0 Å². The van der Waals surface area contributed by atoms with Crippen LogP contribution in [0.1, 0.15) is 98.3 Å². The van der Waals surface area contributed by atoms with Crippen molar-refractivity contribution in [3.63, 3.8) is 0 Å². The molecule has 0 saturated heterocycles. The molecular formula is C26H34N2O. The zero-order valence-electron chi connectivity index (χ0n) is 18.0. The van der Waals surface area contributed by atoms with Crippen molar-refractivity contribution in [1.82, 2.24) is 0 Å². The Hall–Kier alpha value is -2.16.